The number of fused-ring (bicyclic) bond motifs is 3. The number of carbonyl (C=O) groups is 2. The largest absolute Gasteiger partial charge is 0.493 e. The van der Waals surface area contributed by atoms with Crippen LogP contribution in [-0.2, 0) is 0 Å². The van der Waals surface area contributed by atoms with Gasteiger partial charge in [-0.15, -0.1) is 0 Å². The van der Waals surface area contributed by atoms with E-state index < -0.39 is 0 Å². The van der Waals surface area contributed by atoms with Crippen LogP contribution in [0.25, 0.3) is 10.8 Å². The summed E-state index contributed by atoms with van der Waals surface area (Å²) in [5, 5.41) is 4.69. The Labute approximate surface area is 197 Å². The third kappa shape index (κ3) is 3.73. The van der Waals surface area contributed by atoms with Crippen molar-refractivity contribution in [1.82, 2.24) is 0 Å². The SMILES string of the molecule is CCOc1ccc2ccccc2c1C(=O)Nc1ccc2c(c1)C(=O)N(CC)c1ccccc1O2. The van der Waals surface area contributed by atoms with Crippen molar-refractivity contribution >= 4 is 34.0 Å². The molecule has 5 rings (SSSR count). The van der Waals surface area contributed by atoms with Crippen molar-refractivity contribution in [1.29, 1.82) is 0 Å². The lowest BCUT2D eigenvalue weighted by Crippen LogP contribution is -2.29. The highest BCUT2D eigenvalue weighted by Crippen LogP contribution is 2.39. The van der Waals surface area contributed by atoms with Gasteiger partial charge in [0.2, 0.25) is 0 Å². The van der Waals surface area contributed by atoms with Crippen LogP contribution in [0.3, 0.4) is 0 Å². The van der Waals surface area contributed by atoms with Gasteiger partial charge >= 0.3 is 0 Å². The normalized spacial score (nSPS) is 12.4. The lowest BCUT2D eigenvalue weighted by Gasteiger charge is -2.20. The number of rotatable bonds is 5. The van der Waals surface area contributed by atoms with Crippen LogP contribution >= 0.6 is 0 Å². The molecule has 1 N–H and O–H groups in total. The molecule has 0 saturated carbocycles. The summed E-state index contributed by atoms with van der Waals surface area (Å²) < 4.78 is 11.8. The molecular formula is C28H24N2O4. The number of para-hydroxylation sites is 2. The minimum Gasteiger partial charge on any atom is -0.493 e. The summed E-state index contributed by atoms with van der Waals surface area (Å²) in [5.74, 6) is 1.09. The molecule has 34 heavy (non-hydrogen) atoms. The van der Waals surface area contributed by atoms with E-state index in [4.69, 9.17) is 9.47 Å². The maximum atomic E-state index is 13.4. The molecule has 0 aliphatic carbocycles. The van der Waals surface area contributed by atoms with Gasteiger partial charge in [0, 0.05) is 12.2 Å². The third-order valence-electron chi connectivity index (χ3n) is 5.82. The Hall–Kier alpha value is -4.32. The van der Waals surface area contributed by atoms with Crippen molar-refractivity contribution in [2.75, 3.05) is 23.4 Å². The molecule has 0 bridgehead atoms. The summed E-state index contributed by atoms with van der Waals surface area (Å²) in [7, 11) is 0. The van der Waals surface area contributed by atoms with Gasteiger partial charge in [0.05, 0.1) is 23.4 Å². The predicted octanol–water partition coefficient (Wildman–Crippen LogP) is 6.26. The Balaban J connectivity index is 1.52. The smallest absolute Gasteiger partial charge is 0.262 e. The maximum absolute atomic E-state index is 13.4. The molecule has 0 aromatic heterocycles. The zero-order chi connectivity index (χ0) is 23.7. The number of carbonyl (C=O) groups excluding carboxylic acids is 2. The zero-order valence-corrected chi connectivity index (χ0v) is 19.0. The summed E-state index contributed by atoms with van der Waals surface area (Å²) >= 11 is 0. The molecule has 0 saturated heterocycles. The van der Waals surface area contributed by atoms with Gasteiger partial charge in [-0.05, 0) is 61.0 Å². The Morgan fingerprint density at radius 1 is 0.941 bits per heavy atom. The molecule has 1 aliphatic rings. The van der Waals surface area contributed by atoms with E-state index in [-0.39, 0.29) is 11.8 Å². The van der Waals surface area contributed by atoms with Gasteiger partial charge in [0.15, 0.2) is 5.75 Å². The molecule has 0 spiro atoms. The molecule has 6 nitrogen and oxygen atoms in total. The lowest BCUT2D eigenvalue weighted by molar-refractivity contribution is 0.0985. The Kier molecular flexibility index (Phi) is 5.64. The van der Waals surface area contributed by atoms with Gasteiger partial charge in [0.1, 0.15) is 11.5 Å². The van der Waals surface area contributed by atoms with Gasteiger partial charge < -0.3 is 19.7 Å². The molecular weight excluding hydrogens is 428 g/mol. The number of amides is 2. The summed E-state index contributed by atoms with van der Waals surface area (Å²) in [6.45, 7) is 4.73. The van der Waals surface area contributed by atoms with Crippen LogP contribution in [0, 0.1) is 0 Å². The van der Waals surface area contributed by atoms with Gasteiger partial charge in [-0.3, -0.25) is 9.59 Å². The fraction of sp³-hybridized carbons (Fsp3) is 0.143. The van der Waals surface area contributed by atoms with Crippen LogP contribution in [-0.4, -0.2) is 25.0 Å². The summed E-state index contributed by atoms with van der Waals surface area (Å²) in [6, 6.07) is 24.0. The van der Waals surface area contributed by atoms with Crippen molar-refractivity contribution in [2.24, 2.45) is 0 Å². The van der Waals surface area contributed by atoms with Crippen molar-refractivity contribution in [3.8, 4) is 17.2 Å². The molecule has 2 amide bonds. The summed E-state index contributed by atoms with van der Waals surface area (Å²) in [5.41, 5.74) is 2.06. The molecule has 4 aromatic carbocycles. The minimum atomic E-state index is -0.308. The van der Waals surface area contributed by atoms with E-state index >= 15 is 0 Å². The fourth-order valence-corrected chi connectivity index (χ4v) is 4.27. The number of nitrogens with one attached hydrogen (secondary N) is 1. The second-order valence-electron chi connectivity index (χ2n) is 7.88. The quantitative estimate of drug-likeness (QED) is 0.388. The Morgan fingerprint density at radius 3 is 2.56 bits per heavy atom. The van der Waals surface area contributed by atoms with Crippen LogP contribution in [0.2, 0.25) is 0 Å². The molecule has 1 heterocycles. The number of ether oxygens (including phenoxy) is 2. The van der Waals surface area contributed by atoms with E-state index in [0.717, 1.165) is 10.8 Å². The van der Waals surface area contributed by atoms with E-state index in [1.807, 2.05) is 74.5 Å². The highest BCUT2D eigenvalue weighted by molar-refractivity contribution is 6.16. The number of anilines is 2. The van der Waals surface area contributed by atoms with Crippen molar-refractivity contribution in [3.63, 3.8) is 0 Å². The number of hydrogen-bond acceptors (Lipinski definition) is 4. The molecule has 6 heteroatoms. The predicted molar refractivity (Wildman–Crippen MR) is 133 cm³/mol. The Bertz CT molecular complexity index is 1410. The number of nitrogens with zero attached hydrogens (tertiary/aromatic N) is 1. The van der Waals surface area contributed by atoms with Crippen molar-refractivity contribution in [3.05, 3.63) is 90.0 Å². The molecule has 0 fully saturated rings. The molecule has 170 valence electrons. The highest BCUT2D eigenvalue weighted by atomic mass is 16.5. The maximum Gasteiger partial charge on any atom is 0.262 e. The molecule has 0 radical (unpaired) electrons. The van der Waals surface area contributed by atoms with Crippen LogP contribution in [0.1, 0.15) is 34.6 Å². The van der Waals surface area contributed by atoms with Gasteiger partial charge in [-0.1, -0.05) is 42.5 Å². The van der Waals surface area contributed by atoms with E-state index in [2.05, 4.69) is 5.32 Å². The minimum absolute atomic E-state index is 0.182. The number of hydrogen-bond donors (Lipinski definition) is 1. The molecule has 1 aliphatic heterocycles. The summed E-state index contributed by atoms with van der Waals surface area (Å²) in [4.78, 5) is 28.5. The first kappa shape index (κ1) is 21.5. The van der Waals surface area contributed by atoms with Gasteiger partial charge in [-0.2, -0.15) is 0 Å². The van der Waals surface area contributed by atoms with Gasteiger partial charge in [-0.25, -0.2) is 0 Å². The third-order valence-corrected chi connectivity index (χ3v) is 5.82. The monoisotopic (exact) mass is 452 g/mol. The Morgan fingerprint density at radius 2 is 1.74 bits per heavy atom. The number of benzene rings is 4. The fourth-order valence-electron chi connectivity index (χ4n) is 4.27. The van der Waals surface area contributed by atoms with Crippen molar-refractivity contribution in [2.45, 2.75) is 13.8 Å². The van der Waals surface area contributed by atoms with E-state index in [0.29, 0.717) is 52.9 Å². The first-order valence-corrected chi connectivity index (χ1v) is 11.3. The van der Waals surface area contributed by atoms with Crippen molar-refractivity contribution < 1.29 is 19.1 Å². The van der Waals surface area contributed by atoms with Gasteiger partial charge in [0.25, 0.3) is 11.8 Å². The van der Waals surface area contributed by atoms with E-state index in [9.17, 15) is 9.59 Å². The van der Waals surface area contributed by atoms with E-state index in [1.54, 1.807) is 23.1 Å². The average molecular weight is 453 g/mol. The average Bonchev–Trinajstić information content (AvgIpc) is 2.97. The highest BCUT2D eigenvalue weighted by Gasteiger charge is 2.27. The molecule has 0 unspecified atom stereocenters. The van der Waals surface area contributed by atoms with Crippen LogP contribution < -0.4 is 19.7 Å². The standard InChI is InChI=1S/C28H24N2O4/c1-3-30-22-11-7-8-12-24(22)34-23-16-14-19(17-21(23)28(30)32)29-27(31)26-20-10-6-5-9-18(20)13-15-25(26)33-4-2/h5-17H,3-4H2,1-2H3,(H,29,31). The summed E-state index contributed by atoms with van der Waals surface area (Å²) in [6.07, 6.45) is 0. The molecule has 0 atom stereocenters. The van der Waals surface area contributed by atoms with Crippen LogP contribution in [0.15, 0.2) is 78.9 Å². The van der Waals surface area contributed by atoms with Crippen LogP contribution in [0.4, 0.5) is 11.4 Å². The molecule has 4 aromatic rings. The zero-order valence-electron chi connectivity index (χ0n) is 19.0. The first-order valence-electron chi connectivity index (χ1n) is 11.3. The van der Waals surface area contributed by atoms with Crippen LogP contribution in [0.5, 0.6) is 17.2 Å². The first-order chi connectivity index (χ1) is 16.6. The lowest BCUT2D eigenvalue weighted by atomic mass is 10.0. The topological polar surface area (TPSA) is 67.9 Å². The van der Waals surface area contributed by atoms with E-state index in [1.165, 1.54) is 0 Å². The second kappa shape index (κ2) is 8.90. The second-order valence-corrected chi connectivity index (χ2v) is 7.88.